The van der Waals surface area contributed by atoms with Gasteiger partial charge in [0.25, 0.3) is 0 Å². The average molecular weight is 315 g/mol. The molecule has 0 spiro atoms. The molecule has 2 heterocycles. The Hall–Kier alpha value is -2.21. The van der Waals surface area contributed by atoms with Crippen LogP contribution in [0.1, 0.15) is 41.3 Å². The fraction of sp³-hybridized carbons (Fsp3) is 0.471. The molecule has 0 N–H and O–H groups in total. The maximum Gasteiger partial charge on any atom is 0.338 e. The molecule has 2 aromatic rings. The van der Waals surface area contributed by atoms with Crippen LogP contribution in [0.15, 0.2) is 24.3 Å². The van der Waals surface area contributed by atoms with Gasteiger partial charge in [-0.05, 0) is 57.4 Å². The molecule has 1 aromatic carbocycles. The highest BCUT2D eigenvalue weighted by molar-refractivity contribution is 5.89. The summed E-state index contributed by atoms with van der Waals surface area (Å²) in [5.74, 6) is 1.21. The molecule has 1 aromatic heterocycles. The van der Waals surface area contributed by atoms with Crippen molar-refractivity contribution in [1.29, 1.82) is 0 Å². The van der Waals surface area contributed by atoms with Gasteiger partial charge in [0.2, 0.25) is 0 Å². The molecule has 3 rings (SSSR count). The lowest BCUT2D eigenvalue weighted by Gasteiger charge is -2.22. The van der Waals surface area contributed by atoms with Gasteiger partial charge in [-0.15, -0.1) is 0 Å². The van der Waals surface area contributed by atoms with Crippen LogP contribution < -0.4 is 0 Å². The molecule has 0 amide bonds. The normalized spacial score (nSPS) is 17.9. The van der Waals surface area contributed by atoms with Gasteiger partial charge in [0, 0.05) is 6.61 Å². The van der Waals surface area contributed by atoms with Gasteiger partial charge in [0.05, 0.1) is 17.4 Å². The molecule has 0 bridgehead atoms. The second-order valence-electron chi connectivity index (χ2n) is 5.75. The average Bonchev–Trinajstić information content (AvgIpc) is 2.92. The SMILES string of the molecule is Cc1nc(C)n(-c2ccc(C(=O)OCC3CCCCO3)cc2)n1. The first kappa shape index (κ1) is 15.7. The molecule has 0 aliphatic carbocycles. The number of benzene rings is 1. The highest BCUT2D eigenvalue weighted by Crippen LogP contribution is 2.15. The highest BCUT2D eigenvalue weighted by atomic mass is 16.6. The van der Waals surface area contributed by atoms with Gasteiger partial charge >= 0.3 is 5.97 Å². The summed E-state index contributed by atoms with van der Waals surface area (Å²) >= 11 is 0. The first-order valence-electron chi connectivity index (χ1n) is 7.93. The molecule has 23 heavy (non-hydrogen) atoms. The monoisotopic (exact) mass is 315 g/mol. The molecular weight excluding hydrogens is 294 g/mol. The van der Waals surface area contributed by atoms with Gasteiger partial charge in [0.1, 0.15) is 18.3 Å². The first-order chi connectivity index (χ1) is 11.1. The van der Waals surface area contributed by atoms with Crippen molar-refractivity contribution in [2.75, 3.05) is 13.2 Å². The quantitative estimate of drug-likeness (QED) is 0.811. The number of hydrogen-bond donors (Lipinski definition) is 0. The summed E-state index contributed by atoms with van der Waals surface area (Å²) in [6.07, 6.45) is 3.21. The Labute approximate surface area is 135 Å². The van der Waals surface area contributed by atoms with E-state index >= 15 is 0 Å². The van der Waals surface area contributed by atoms with Crippen LogP contribution in [-0.2, 0) is 9.47 Å². The van der Waals surface area contributed by atoms with Gasteiger partial charge in [-0.3, -0.25) is 0 Å². The topological polar surface area (TPSA) is 66.2 Å². The van der Waals surface area contributed by atoms with Gasteiger partial charge < -0.3 is 9.47 Å². The van der Waals surface area contributed by atoms with E-state index in [4.69, 9.17) is 9.47 Å². The number of carbonyl (C=O) groups excluding carboxylic acids is 1. The minimum Gasteiger partial charge on any atom is -0.459 e. The van der Waals surface area contributed by atoms with Crippen molar-refractivity contribution in [2.24, 2.45) is 0 Å². The van der Waals surface area contributed by atoms with Crippen molar-refractivity contribution in [2.45, 2.75) is 39.2 Å². The Bertz CT molecular complexity index is 673. The minimum absolute atomic E-state index is 0.0350. The summed E-state index contributed by atoms with van der Waals surface area (Å²) < 4.78 is 12.7. The Morgan fingerprint density at radius 2 is 2.09 bits per heavy atom. The summed E-state index contributed by atoms with van der Waals surface area (Å²) in [5.41, 5.74) is 1.40. The maximum absolute atomic E-state index is 12.1. The zero-order chi connectivity index (χ0) is 16.2. The smallest absolute Gasteiger partial charge is 0.338 e. The van der Waals surface area contributed by atoms with Gasteiger partial charge in [0.15, 0.2) is 0 Å². The third-order valence-corrected chi connectivity index (χ3v) is 3.90. The third-order valence-electron chi connectivity index (χ3n) is 3.90. The van der Waals surface area contributed by atoms with E-state index in [9.17, 15) is 4.79 Å². The summed E-state index contributed by atoms with van der Waals surface area (Å²) in [7, 11) is 0. The molecule has 0 radical (unpaired) electrons. The number of rotatable bonds is 4. The molecular formula is C17H21N3O3. The molecule has 6 heteroatoms. The van der Waals surface area contributed by atoms with Gasteiger partial charge in [-0.2, -0.15) is 5.10 Å². The van der Waals surface area contributed by atoms with Crippen LogP contribution in [0.2, 0.25) is 0 Å². The molecule has 1 atom stereocenters. The second kappa shape index (κ2) is 6.91. The lowest BCUT2D eigenvalue weighted by Crippen LogP contribution is -2.25. The van der Waals surface area contributed by atoms with Crippen LogP contribution in [0.4, 0.5) is 0 Å². The van der Waals surface area contributed by atoms with Crippen molar-refractivity contribution in [3.8, 4) is 5.69 Å². The van der Waals surface area contributed by atoms with Crippen LogP contribution in [0, 0.1) is 13.8 Å². The van der Waals surface area contributed by atoms with E-state index in [1.165, 1.54) is 0 Å². The van der Waals surface area contributed by atoms with Gasteiger partial charge in [-0.1, -0.05) is 0 Å². The van der Waals surface area contributed by atoms with E-state index in [2.05, 4.69) is 10.1 Å². The maximum atomic E-state index is 12.1. The Kier molecular flexibility index (Phi) is 4.71. The van der Waals surface area contributed by atoms with E-state index in [0.29, 0.717) is 12.2 Å². The molecule has 6 nitrogen and oxygen atoms in total. The second-order valence-corrected chi connectivity index (χ2v) is 5.75. The zero-order valence-corrected chi connectivity index (χ0v) is 13.5. The number of nitrogens with zero attached hydrogens (tertiary/aromatic N) is 3. The molecule has 1 unspecified atom stereocenters. The summed E-state index contributed by atoms with van der Waals surface area (Å²) in [6, 6.07) is 7.18. The Morgan fingerprint density at radius 3 is 2.70 bits per heavy atom. The van der Waals surface area contributed by atoms with E-state index in [-0.39, 0.29) is 12.1 Å². The first-order valence-corrected chi connectivity index (χ1v) is 7.93. The molecule has 1 aliphatic rings. The molecule has 1 saturated heterocycles. The fourth-order valence-corrected chi connectivity index (χ4v) is 2.70. The number of aromatic nitrogens is 3. The van der Waals surface area contributed by atoms with Crippen LogP contribution in [0.3, 0.4) is 0 Å². The molecule has 1 fully saturated rings. The zero-order valence-electron chi connectivity index (χ0n) is 13.5. The largest absolute Gasteiger partial charge is 0.459 e. The van der Waals surface area contributed by atoms with Gasteiger partial charge in [-0.25, -0.2) is 14.5 Å². The highest BCUT2D eigenvalue weighted by Gasteiger charge is 2.17. The minimum atomic E-state index is -0.322. The number of ether oxygens (including phenoxy) is 2. The molecule has 1 aliphatic heterocycles. The van der Waals surface area contributed by atoms with E-state index < -0.39 is 0 Å². The summed E-state index contributed by atoms with van der Waals surface area (Å²) in [5, 5.41) is 4.33. The lowest BCUT2D eigenvalue weighted by atomic mass is 10.1. The lowest BCUT2D eigenvalue weighted by molar-refractivity contribution is -0.0300. The van der Waals surface area contributed by atoms with Crippen LogP contribution in [-0.4, -0.2) is 40.1 Å². The van der Waals surface area contributed by atoms with E-state index in [0.717, 1.165) is 43.2 Å². The van der Waals surface area contributed by atoms with Crippen molar-refractivity contribution in [3.05, 3.63) is 41.5 Å². The number of carbonyl (C=O) groups is 1. The fourth-order valence-electron chi connectivity index (χ4n) is 2.70. The summed E-state index contributed by atoms with van der Waals surface area (Å²) in [6.45, 7) is 4.82. The number of hydrogen-bond acceptors (Lipinski definition) is 5. The van der Waals surface area contributed by atoms with Crippen LogP contribution in [0.25, 0.3) is 5.69 Å². The van der Waals surface area contributed by atoms with Crippen molar-refractivity contribution < 1.29 is 14.3 Å². The standard InChI is InChI=1S/C17H21N3O3/c1-12-18-13(2)20(19-12)15-8-6-14(7-9-15)17(21)23-11-16-5-3-4-10-22-16/h6-9,16H,3-5,10-11H2,1-2H3. The van der Waals surface area contributed by atoms with Crippen molar-refractivity contribution >= 4 is 5.97 Å². The van der Waals surface area contributed by atoms with Crippen molar-refractivity contribution in [1.82, 2.24) is 14.8 Å². The Morgan fingerprint density at radius 1 is 1.30 bits per heavy atom. The molecule has 0 saturated carbocycles. The van der Waals surface area contributed by atoms with Crippen molar-refractivity contribution in [3.63, 3.8) is 0 Å². The summed E-state index contributed by atoms with van der Waals surface area (Å²) in [4.78, 5) is 16.4. The number of aryl methyl sites for hydroxylation is 2. The van der Waals surface area contributed by atoms with E-state index in [1.807, 2.05) is 26.0 Å². The van der Waals surface area contributed by atoms with Crippen LogP contribution >= 0.6 is 0 Å². The predicted molar refractivity (Wildman–Crippen MR) is 84.7 cm³/mol. The number of esters is 1. The third kappa shape index (κ3) is 3.76. The van der Waals surface area contributed by atoms with E-state index in [1.54, 1.807) is 16.8 Å². The predicted octanol–water partition coefficient (Wildman–Crippen LogP) is 2.61. The Balaban J connectivity index is 1.62. The van der Waals surface area contributed by atoms with Crippen LogP contribution in [0.5, 0.6) is 0 Å². The molecule has 122 valence electrons.